The van der Waals surface area contributed by atoms with Crippen LogP contribution in [0.5, 0.6) is 5.75 Å². The summed E-state index contributed by atoms with van der Waals surface area (Å²) in [4.78, 5) is 25.7. The molecule has 1 fully saturated rings. The molecule has 1 N–H and O–H groups in total. The molecule has 1 aliphatic carbocycles. The highest BCUT2D eigenvalue weighted by molar-refractivity contribution is 6.03. The minimum Gasteiger partial charge on any atom is -0.481 e. The van der Waals surface area contributed by atoms with Crippen LogP contribution >= 0.6 is 0 Å². The fourth-order valence-corrected chi connectivity index (χ4v) is 3.15. The van der Waals surface area contributed by atoms with Gasteiger partial charge in [0.25, 0.3) is 11.8 Å². The Hall–Kier alpha value is -2.04. The summed E-state index contributed by atoms with van der Waals surface area (Å²) in [5.74, 6) is 0.862. The first-order valence-electron chi connectivity index (χ1n) is 7.46. The van der Waals surface area contributed by atoms with Crippen molar-refractivity contribution in [1.29, 1.82) is 0 Å². The molecule has 0 aromatic heterocycles. The highest BCUT2D eigenvalue weighted by Crippen LogP contribution is 2.33. The van der Waals surface area contributed by atoms with Crippen molar-refractivity contribution in [2.24, 2.45) is 5.92 Å². The Labute approximate surface area is 124 Å². The van der Waals surface area contributed by atoms with Crippen molar-refractivity contribution in [3.8, 4) is 5.75 Å². The first kappa shape index (κ1) is 13.9. The van der Waals surface area contributed by atoms with Gasteiger partial charge >= 0.3 is 0 Å². The molecule has 1 aliphatic heterocycles. The van der Waals surface area contributed by atoms with E-state index in [1.807, 2.05) is 7.05 Å². The van der Waals surface area contributed by atoms with Gasteiger partial charge in [-0.1, -0.05) is 18.9 Å². The summed E-state index contributed by atoms with van der Waals surface area (Å²) < 4.78 is 5.45. The van der Waals surface area contributed by atoms with Gasteiger partial charge in [0.1, 0.15) is 0 Å². The van der Waals surface area contributed by atoms with E-state index in [2.05, 4.69) is 5.32 Å². The number of nitrogens with one attached hydrogen (secondary N) is 1. The molecule has 2 aliphatic rings. The minimum absolute atomic E-state index is 0.0381. The lowest BCUT2D eigenvalue weighted by Gasteiger charge is -2.24. The average molecular weight is 288 g/mol. The van der Waals surface area contributed by atoms with E-state index in [1.54, 1.807) is 23.1 Å². The van der Waals surface area contributed by atoms with E-state index in [1.165, 1.54) is 25.7 Å². The number of carbonyl (C=O) groups is 2. The molecular formula is C16H20N2O3. The molecule has 112 valence electrons. The Balaban J connectivity index is 1.78. The van der Waals surface area contributed by atoms with Crippen LogP contribution in [0.25, 0.3) is 0 Å². The maximum atomic E-state index is 12.6. The molecule has 5 heteroatoms. The third-order valence-corrected chi connectivity index (χ3v) is 4.22. The number of hydrogen-bond donors (Lipinski definition) is 1. The number of rotatable bonds is 3. The van der Waals surface area contributed by atoms with Gasteiger partial charge in [0, 0.05) is 13.6 Å². The van der Waals surface area contributed by atoms with Crippen LogP contribution < -0.4 is 10.1 Å². The Morgan fingerprint density at radius 3 is 2.90 bits per heavy atom. The van der Waals surface area contributed by atoms with Gasteiger partial charge in [-0.2, -0.15) is 0 Å². The second-order valence-electron chi connectivity index (χ2n) is 5.86. The Morgan fingerprint density at radius 1 is 1.38 bits per heavy atom. The van der Waals surface area contributed by atoms with E-state index >= 15 is 0 Å². The van der Waals surface area contributed by atoms with Crippen LogP contribution in [0.1, 0.15) is 36.0 Å². The minimum atomic E-state index is -0.189. The summed E-state index contributed by atoms with van der Waals surface area (Å²) >= 11 is 0. The second kappa shape index (κ2) is 5.76. The summed E-state index contributed by atoms with van der Waals surface area (Å²) in [7, 11) is 1.83. The van der Waals surface area contributed by atoms with Crippen molar-refractivity contribution in [2.75, 3.05) is 25.5 Å². The van der Waals surface area contributed by atoms with Crippen LogP contribution in [0.4, 0.5) is 5.69 Å². The molecule has 1 saturated carbocycles. The molecule has 0 bridgehead atoms. The Bertz CT molecular complexity index is 565. The summed E-state index contributed by atoms with van der Waals surface area (Å²) in [5, 5.41) is 2.73. The molecule has 0 saturated heterocycles. The fourth-order valence-electron chi connectivity index (χ4n) is 3.15. The van der Waals surface area contributed by atoms with Gasteiger partial charge in [0.05, 0.1) is 11.3 Å². The number of ether oxygens (including phenoxy) is 1. The van der Waals surface area contributed by atoms with Crippen molar-refractivity contribution in [3.63, 3.8) is 0 Å². The van der Waals surface area contributed by atoms with Gasteiger partial charge in [-0.15, -0.1) is 0 Å². The molecule has 0 spiro atoms. The molecule has 1 aromatic rings. The van der Waals surface area contributed by atoms with Crippen LogP contribution in [0.15, 0.2) is 18.2 Å². The number of fused-ring (bicyclic) bond motifs is 1. The summed E-state index contributed by atoms with van der Waals surface area (Å²) in [5.41, 5.74) is 1.10. The van der Waals surface area contributed by atoms with Crippen LogP contribution in [0, 0.1) is 5.92 Å². The molecule has 3 rings (SSSR count). The highest BCUT2D eigenvalue weighted by atomic mass is 16.5. The predicted molar refractivity (Wildman–Crippen MR) is 79.5 cm³/mol. The number of benzene rings is 1. The van der Waals surface area contributed by atoms with Crippen LogP contribution in [-0.2, 0) is 4.79 Å². The first-order valence-corrected chi connectivity index (χ1v) is 7.46. The largest absolute Gasteiger partial charge is 0.481 e. The van der Waals surface area contributed by atoms with E-state index in [-0.39, 0.29) is 18.4 Å². The number of nitrogens with zero attached hydrogens (tertiary/aromatic N) is 1. The zero-order valence-electron chi connectivity index (χ0n) is 12.2. The Kier molecular flexibility index (Phi) is 3.82. The van der Waals surface area contributed by atoms with Crippen molar-refractivity contribution in [3.05, 3.63) is 23.8 Å². The summed E-state index contributed by atoms with van der Waals surface area (Å²) in [6.45, 7) is 0.749. The molecule has 0 radical (unpaired) electrons. The molecule has 1 aromatic carbocycles. The van der Waals surface area contributed by atoms with Gasteiger partial charge in [-0.05, 0) is 30.9 Å². The van der Waals surface area contributed by atoms with Crippen molar-refractivity contribution in [1.82, 2.24) is 4.90 Å². The first-order chi connectivity index (χ1) is 10.1. The molecule has 0 unspecified atom stereocenters. The predicted octanol–water partition coefficient (Wildman–Crippen LogP) is 2.28. The number of amides is 2. The van der Waals surface area contributed by atoms with Crippen molar-refractivity contribution < 1.29 is 14.3 Å². The van der Waals surface area contributed by atoms with E-state index in [9.17, 15) is 9.59 Å². The average Bonchev–Trinajstić information content (AvgIpc) is 2.98. The maximum absolute atomic E-state index is 12.6. The Morgan fingerprint density at radius 2 is 2.14 bits per heavy atom. The molecule has 21 heavy (non-hydrogen) atoms. The highest BCUT2D eigenvalue weighted by Gasteiger charge is 2.26. The van der Waals surface area contributed by atoms with E-state index in [0.717, 1.165) is 6.54 Å². The number of hydrogen-bond acceptors (Lipinski definition) is 3. The van der Waals surface area contributed by atoms with Gasteiger partial charge in [-0.3, -0.25) is 9.59 Å². The second-order valence-corrected chi connectivity index (χ2v) is 5.86. The van der Waals surface area contributed by atoms with E-state index in [0.29, 0.717) is 22.9 Å². The monoisotopic (exact) mass is 288 g/mol. The van der Waals surface area contributed by atoms with Crippen LogP contribution in [0.2, 0.25) is 0 Å². The third-order valence-electron chi connectivity index (χ3n) is 4.22. The molecular weight excluding hydrogens is 268 g/mol. The molecule has 1 heterocycles. The van der Waals surface area contributed by atoms with Gasteiger partial charge in [0.2, 0.25) is 0 Å². The zero-order valence-corrected chi connectivity index (χ0v) is 12.2. The summed E-state index contributed by atoms with van der Waals surface area (Å²) in [6, 6.07) is 5.27. The standard InChI is InChI=1S/C16H20N2O3/c1-18(9-11-5-2-3-6-11)16(20)12-7-4-8-13-15(12)21-10-14(19)17-13/h4,7-8,11H,2-3,5-6,9-10H2,1H3,(H,17,19). The van der Waals surface area contributed by atoms with Crippen LogP contribution in [0.3, 0.4) is 0 Å². The SMILES string of the molecule is CN(CC1CCCC1)C(=O)c1cccc2c1OCC(=O)N2. The molecule has 5 nitrogen and oxygen atoms in total. The van der Waals surface area contributed by atoms with Crippen LogP contribution in [-0.4, -0.2) is 36.9 Å². The maximum Gasteiger partial charge on any atom is 0.262 e. The van der Waals surface area contributed by atoms with Gasteiger partial charge in [0.15, 0.2) is 12.4 Å². The third kappa shape index (κ3) is 2.86. The fraction of sp³-hybridized carbons (Fsp3) is 0.500. The number of carbonyl (C=O) groups excluding carboxylic acids is 2. The van der Waals surface area contributed by atoms with Crippen molar-refractivity contribution >= 4 is 17.5 Å². The lowest BCUT2D eigenvalue weighted by Crippen LogP contribution is -2.33. The normalized spacial score (nSPS) is 17.9. The summed E-state index contributed by atoms with van der Waals surface area (Å²) in [6.07, 6.45) is 4.94. The van der Waals surface area contributed by atoms with Gasteiger partial charge in [-0.25, -0.2) is 0 Å². The number of para-hydroxylation sites is 1. The van der Waals surface area contributed by atoms with Gasteiger partial charge < -0.3 is 15.0 Å². The van der Waals surface area contributed by atoms with E-state index in [4.69, 9.17) is 4.74 Å². The molecule has 0 atom stereocenters. The topological polar surface area (TPSA) is 58.6 Å². The van der Waals surface area contributed by atoms with E-state index < -0.39 is 0 Å². The lowest BCUT2D eigenvalue weighted by atomic mass is 10.1. The lowest BCUT2D eigenvalue weighted by molar-refractivity contribution is -0.118. The quantitative estimate of drug-likeness (QED) is 0.928. The zero-order chi connectivity index (χ0) is 14.8. The van der Waals surface area contributed by atoms with Crippen molar-refractivity contribution in [2.45, 2.75) is 25.7 Å². The smallest absolute Gasteiger partial charge is 0.262 e. The number of anilines is 1. The molecule has 2 amide bonds.